The molecule has 0 spiro atoms. The first-order valence-electron chi connectivity index (χ1n) is 7.32. The molecule has 7 nitrogen and oxygen atoms in total. The summed E-state index contributed by atoms with van der Waals surface area (Å²) < 4.78 is 30.8. The SMILES string of the molecule is CCn1c(C)nnc1SCCNS(=O)(=O)NCc1ccccc1. The predicted molar refractivity (Wildman–Crippen MR) is 91.4 cm³/mol. The number of aryl methyl sites for hydroxylation is 1. The Morgan fingerprint density at radius 2 is 1.91 bits per heavy atom. The van der Waals surface area contributed by atoms with E-state index in [1.54, 1.807) is 0 Å². The van der Waals surface area contributed by atoms with Gasteiger partial charge in [-0.3, -0.25) is 0 Å². The van der Waals surface area contributed by atoms with E-state index in [4.69, 9.17) is 0 Å². The molecule has 2 N–H and O–H groups in total. The van der Waals surface area contributed by atoms with Gasteiger partial charge in [-0.2, -0.15) is 13.1 Å². The molecule has 1 heterocycles. The topological polar surface area (TPSA) is 88.9 Å². The highest BCUT2D eigenvalue weighted by Crippen LogP contribution is 2.15. The molecule has 0 fully saturated rings. The number of aromatic nitrogens is 3. The third kappa shape index (κ3) is 5.61. The molecule has 126 valence electrons. The lowest BCUT2D eigenvalue weighted by Crippen LogP contribution is -2.37. The summed E-state index contributed by atoms with van der Waals surface area (Å²) in [4.78, 5) is 0. The number of rotatable bonds is 9. The van der Waals surface area contributed by atoms with Gasteiger partial charge in [-0.05, 0) is 19.4 Å². The molecule has 1 aromatic carbocycles. The second kappa shape index (κ2) is 8.44. The Labute approximate surface area is 141 Å². The van der Waals surface area contributed by atoms with Gasteiger partial charge in [0.2, 0.25) is 0 Å². The average Bonchev–Trinajstić information content (AvgIpc) is 2.91. The van der Waals surface area contributed by atoms with Gasteiger partial charge in [0.15, 0.2) is 5.16 Å². The summed E-state index contributed by atoms with van der Waals surface area (Å²) in [7, 11) is -3.50. The first kappa shape index (κ1) is 17.9. The van der Waals surface area contributed by atoms with Crippen LogP contribution in [0.25, 0.3) is 0 Å². The zero-order chi connectivity index (χ0) is 16.7. The Balaban J connectivity index is 1.74. The van der Waals surface area contributed by atoms with E-state index >= 15 is 0 Å². The van der Waals surface area contributed by atoms with Gasteiger partial charge < -0.3 is 4.57 Å². The van der Waals surface area contributed by atoms with Crippen molar-refractivity contribution in [2.45, 2.75) is 32.1 Å². The Morgan fingerprint density at radius 1 is 1.17 bits per heavy atom. The molecule has 0 unspecified atom stereocenters. The van der Waals surface area contributed by atoms with Gasteiger partial charge in [0.05, 0.1) is 0 Å². The quantitative estimate of drug-likeness (QED) is 0.523. The van der Waals surface area contributed by atoms with Crippen LogP contribution in [0.1, 0.15) is 18.3 Å². The van der Waals surface area contributed by atoms with Crippen LogP contribution >= 0.6 is 11.8 Å². The van der Waals surface area contributed by atoms with Crippen LogP contribution in [-0.2, 0) is 23.3 Å². The molecule has 0 saturated heterocycles. The smallest absolute Gasteiger partial charge is 0.277 e. The number of hydrogen-bond acceptors (Lipinski definition) is 5. The van der Waals surface area contributed by atoms with Gasteiger partial charge in [0, 0.05) is 25.4 Å². The minimum Gasteiger partial charge on any atom is -0.307 e. The standard InChI is InChI=1S/C14H21N5O2S2/c1-3-19-12(2)17-18-14(19)22-10-9-15-23(20,21)16-11-13-7-5-4-6-8-13/h4-8,15-16H,3,9-11H2,1-2H3. The fourth-order valence-electron chi connectivity index (χ4n) is 1.98. The molecular formula is C14H21N5O2S2. The number of thioether (sulfide) groups is 1. The van der Waals surface area contributed by atoms with E-state index in [0.29, 0.717) is 12.3 Å². The largest absolute Gasteiger partial charge is 0.307 e. The third-order valence-corrected chi connectivity index (χ3v) is 5.23. The van der Waals surface area contributed by atoms with Gasteiger partial charge in [0.25, 0.3) is 10.2 Å². The molecule has 0 radical (unpaired) electrons. The summed E-state index contributed by atoms with van der Waals surface area (Å²) in [6.45, 7) is 5.32. The van der Waals surface area contributed by atoms with Crippen LogP contribution in [0.4, 0.5) is 0 Å². The van der Waals surface area contributed by atoms with Gasteiger partial charge in [-0.15, -0.1) is 10.2 Å². The number of hydrogen-bond donors (Lipinski definition) is 2. The third-order valence-electron chi connectivity index (χ3n) is 3.15. The molecule has 0 bridgehead atoms. The van der Waals surface area contributed by atoms with E-state index in [0.717, 1.165) is 23.1 Å². The molecule has 9 heteroatoms. The summed E-state index contributed by atoms with van der Waals surface area (Å²) in [6.07, 6.45) is 0. The summed E-state index contributed by atoms with van der Waals surface area (Å²) in [5.74, 6) is 1.45. The summed E-state index contributed by atoms with van der Waals surface area (Å²) in [5, 5.41) is 8.91. The first-order valence-corrected chi connectivity index (χ1v) is 9.79. The highest BCUT2D eigenvalue weighted by molar-refractivity contribution is 7.99. The van der Waals surface area contributed by atoms with Gasteiger partial charge in [0.1, 0.15) is 5.82 Å². The van der Waals surface area contributed by atoms with Crippen molar-refractivity contribution in [2.24, 2.45) is 0 Å². The monoisotopic (exact) mass is 355 g/mol. The lowest BCUT2D eigenvalue weighted by atomic mass is 10.2. The summed E-state index contributed by atoms with van der Waals surface area (Å²) in [6, 6.07) is 9.39. The molecular weight excluding hydrogens is 334 g/mol. The molecule has 0 aliphatic rings. The first-order chi connectivity index (χ1) is 11.0. The summed E-state index contributed by atoms with van der Waals surface area (Å²) >= 11 is 1.48. The highest BCUT2D eigenvalue weighted by Gasteiger charge is 2.10. The van der Waals surface area contributed by atoms with E-state index in [9.17, 15) is 8.42 Å². The lowest BCUT2D eigenvalue weighted by molar-refractivity contribution is 0.568. The van der Waals surface area contributed by atoms with Crippen molar-refractivity contribution in [1.82, 2.24) is 24.2 Å². The van der Waals surface area contributed by atoms with E-state index in [1.165, 1.54) is 11.8 Å². The highest BCUT2D eigenvalue weighted by atomic mass is 32.2. The molecule has 0 saturated carbocycles. The van der Waals surface area contributed by atoms with E-state index in [2.05, 4.69) is 19.6 Å². The Kier molecular flexibility index (Phi) is 6.58. The van der Waals surface area contributed by atoms with Gasteiger partial charge >= 0.3 is 0 Å². The maximum absolute atomic E-state index is 11.9. The second-order valence-corrected chi connectivity index (χ2v) is 7.47. The molecule has 1 aromatic heterocycles. The van der Waals surface area contributed by atoms with Gasteiger partial charge in [-0.25, -0.2) is 4.72 Å². The van der Waals surface area contributed by atoms with Gasteiger partial charge in [-0.1, -0.05) is 42.1 Å². The zero-order valence-corrected chi connectivity index (χ0v) is 14.8. The van der Waals surface area contributed by atoms with E-state index in [1.807, 2.05) is 48.7 Å². The van der Waals surface area contributed by atoms with Crippen molar-refractivity contribution in [2.75, 3.05) is 12.3 Å². The maximum Gasteiger partial charge on any atom is 0.277 e. The normalized spacial score (nSPS) is 11.7. The Bertz CT molecular complexity index is 716. The number of benzene rings is 1. The zero-order valence-electron chi connectivity index (χ0n) is 13.2. The molecule has 0 aliphatic carbocycles. The molecule has 2 aromatic rings. The number of nitrogens with zero attached hydrogens (tertiary/aromatic N) is 3. The number of nitrogens with one attached hydrogen (secondary N) is 2. The van der Waals surface area contributed by atoms with Crippen molar-refractivity contribution in [3.8, 4) is 0 Å². The molecule has 0 amide bonds. The molecule has 2 rings (SSSR count). The van der Waals surface area contributed by atoms with Crippen molar-refractivity contribution >= 4 is 22.0 Å². The van der Waals surface area contributed by atoms with E-state index < -0.39 is 10.2 Å². The molecule has 0 aliphatic heterocycles. The molecule has 23 heavy (non-hydrogen) atoms. The minimum absolute atomic E-state index is 0.271. The fourth-order valence-corrected chi connectivity index (χ4v) is 3.84. The van der Waals surface area contributed by atoms with Crippen LogP contribution in [0.2, 0.25) is 0 Å². The maximum atomic E-state index is 11.9. The summed E-state index contributed by atoms with van der Waals surface area (Å²) in [5.41, 5.74) is 0.916. The van der Waals surface area contributed by atoms with Crippen molar-refractivity contribution in [3.05, 3.63) is 41.7 Å². The Morgan fingerprint density at radius 3 is 2.61 bits per heavy atom. The molecule has 0 atom stereocenters. The Hall–Kier alpha value is -1.42. The van der Waals surface area contributed by atoms with Crippen LogP contribution in [0.3, 0.4) is 0 Å². The predicted octanol–water partition coefficient (Wildman–Crippen LogP) is 1.32. The van der Waals surface area contributed by atoms with Crippen molar-refractivity contribution < 1.29 is 8.42 Å². The van der Waals surface area contributed by atoms with Crippen LogP contribution in [0.5, 0.6) is 0 Å². The van der Waals surface area contributed by atoms with Crippen molar-refractivity contribution in [3.63, 3.8) is 0 Å². The fraction of sp³-hybridized carbons (Fsp3) is 0.429. The minimum atomic E-state index is -3.50. The van der Waals surface area contributed by atoms with Crippen LogP contribution < -0.4 is 9.44 Å². The lowest BCUT2D eigenvalue weighted by Gasteiger charge is -2.08. The van der Waals surface area contributed by atoms with Crippen LogP contribution in [0.15, 0.2) is 35.5 Å². The van der Waals surface area contributed by atoms with E-state index in [-0.39, 0.29) is 6.54 Å². The van der Waals surface area contributed by atoms with Crippen LogP contribution in [0, 0.1) is 6.92 Å². The average molecular weight is 355 g/mol. The second-order valence-electron chi connectivity index (χ2n) is 4.83. The van der Waals surface area contributed by atoms with Crippen molar-refractivity contribution in [1.29, 1.82) is 0 Å². The van der Waals surface area contributed by atoms with Crippen LogP contribution in [-0.4, -0.2) is 35.5 Å².